The highest BCUT2D eigenvalue weighted by molar-refractivity contribution is 6.30. The highest BCUT2D eigenvalue weighted by atomic mass is 35.5. The third-order valence-corrected chi connectivity index (χ3v) is 4.62. The summed E-state index contributed by atoms with van der Waals surface area (Å²) in [6.45, 7) is -0.488. The van der Waals surface area contributed by atoms with Gasteiger partial charge in [0, 0.05) is 10.1 Å². The van der Waals surface area contributed by atoms with Crippen molar-refractivity contribution in [2.75, 3.05) is 7.11 Å². The minimum atomic E-state index is -5.06. The first-order valence-electron chi connectivity index (χ1n) is 9.22. The van der Waals surface area contributed by atoms with Gasteiger partial charge in [0.1, 0.15) is 5.75 Å². The third kappa shape index (κ3) is 5.23. The van der Waals surface area contributed by atoms with E-state index in [9.17, 15) is 26.7 Å². The van der Waals surface area contributed by atoms with Crippen molar-refractivity contribution in [3.05, 3.63) is 68.5 Å². The van der Waals surface area contributed by atoms with Crippen LogP contribution in [0.5, 0.6) is 17.4 Å². The highest BCUT2D eigenvalue weighted by Gasteiger charge is 2.39. The number of benzene rings is 1. The predicted molar refractivity (Wildman–Crippen MR) is 106 cm³/mol. The number of halogens is 6. The van der Waals surface area contributed by atoms with E-state index in [2.05, 4.69) is 10.1 Å². The SMILES string of the molecule is COc1c(Cn2cnc(C(F)(F)F)c(Oc3cc(Cl)cc(C#N)c3)c2=O)cc(C(F)F)n[n+]1C. The van der Waals surface area contributed by atoms with E-state index in [0.717, 1.165) is 27.4 Å². The van der Waals surface area contributed by atoms with Crippen LogP contribution in [0.15, 0.2) is 35.4 Å². The predicted octanol–water partition coefficient (Wildman–Crippen LogP) is 3.79. The first-order chi connectivity index (χ1) is 15.9. The van der Waals surface area contributed by atoms with E-state index in [0.29, 0.717) is 6.33 Å². The van der Waals surface area contributed by atoms with Gasteiger partial charge in [-0.3, -0.25) is 9.36 Å². The normalized spacial score (nSPS) is 11.4. The fraction of sp³-hybridized carbons (Fsp3) is 0.250. The molecule has 14 heteroatoms. The molecule has 2 aromatic heterocycles. The van der Waals surface area contributed by atoms with E-state index in [1.165, 1.54) is 20.2 Å². The highest BCUT2D eigenvalue weighted by Crippen LogP contribution is 2.35. The Bertz CT molecular complexity index is 1340. The van der Waals surface area contributed by atoms with Crippen LogP contribution in [-0.4, -0.2) is 21.8 Å². The standard InChI is InChI=1S/C20H14ClF5N5O3/c1-30-19(33-2)11(5-14(29-30)17(22)23)8-31-9-28-16(20(24,25)26)15(18(31)32)34-13-4-10(7-27)3-12(21)6-13/h3-6,9,17H,8H2,1-2H3/q+1. The molecular formula is C20H14ClF5N5O3+. The summed E-state index contributed by atoms with van der Waals surface area (Å²) in [6.07, 6.45) is -7.40. The van der Waals surface area contributed by atoms with E-state index in [1.54, 1.807) is 6.07 Å². The lowest BCUT2D eigenvalue weighted by Crippen LogP contribution is -2.38. The van der Waals surface area contributed by atoms with Crippen LogP contribution in [-0.2, 0) is 19.8 Å². The van der Waals surface area contributed by atoms with Crippen LogP contribution in [0.25, 0.3) is 0 Å². The van der Waals surface area contributed by atoms with Crippen LogP contribution in [0.3, 0.4) is 0 Å². The molecule has 3 rings (SSSR count). The van der Waals surface area contributed by atoms with Gasteiger partial charge in [0.15, 0.2) is 18.4 Å². The van der Waals surface area contributed by atoms with Crippen molar-refractivity contribution < 1.29 is 36.1 Å². The molecule has 0 aliphatic heterocycles. The monoisotopic (exact) mass is 502 g/mol. The molecule has 0 aliphatic carbocycles. The number of aromatic nitrogens is 4. The Morgan fingerprint density at radius 1 is 1.26 bits per heavy atom. The van der Waals surface area contributed by atoms with Crippen molar-refractivity contribution in [1.29, 1.82) is 5.26 Å². The summed E-state index contributed by atoms with van der Waals surface area (Å²) in [5.74, 6) is -1.50. The van der Waals surface area contributed by atoms with E-state index in [4.69, 9.17) is 26.3 Å². The van der Waals surface area contributed by atoms with E-state index >= 15 is 0 Å². The summed E-state index contributed by atoms with van der Waals surface area (Å²) >= 11 is 5.86. The van der Waals surface area contributed by atoms with Gasteiger partial charge in [0.25, 0.3) is 12.0 Å². The Kier molecular flexibility index (Phi) is 7.01. The molecule has 0 bridgehead atoms. The van der Waals surface area contributed by atoms with Crippen LogP contribution < -0.4 is 19.7 Å². The number of nitriles is 1. The quantitative estimate of drug-likeness (QED) is 0.376. The molecular weight excluding hydrogens is 489 g/mol. The molecule has 8 nitrogen and oxygen atoms in total. The molecule has 0 radical (unpaired) electrons. The molecule has 34 heavy (non-hydrogen) atoms. The molecule has 1 aromatic carbocycles. The molecule has 0 spiro atoms. The number of methoxy groups -OCH3 is 1. The number of hydrogen-bond acceptors (Lipinski definition) is 6. The minimum absolute atomic E-state index is 0.00725. The maximum absolute atomic E-state index is 13.5. The molecule has 2 heterocycles. The fourth-order valence-electron chi connectivity index (χ4n) is 3.04. The van der Waals surface area contributed by atoms with Gasteiger partial charge in [0.2, 0.25) is 5.75 Å². The first-order valence-corrected chi connectivity index (χ1v) is 9.59. The Labute approximate surface area is 193 Å². The minimum Gasteiger partial charge on any atom is -0.449 e. The summed E-state index contributed by atoms with van der Waals surface area (Å²) in [4.78, 5) is 16.3. The first kappa shape index (κ1) is 24.8. The summed E-state index contributed by atoms with van der Waals surface area (Å²) in [5.41, 5.74) is -3.51. The number of ether oxygens (including phenoxy) is 2. The maximum Gasteiger partial charge on any atom is 0.437 e. The third-order valence-electron chi connectivity index (χ3n) is 4.40. The van der Waals surface area contributed by atoms with Gasteiger partial charge in [-0.05, 0) is 24.3 Å². The van der Waals surface area contributed by atoms with E-state index < -0.39 is 41.8 Å². The molecule has 0 aliphatic rings. The average molecular weight is 503 g/mol. The molecule has 0 fully saturated rings. The number of nitrogens with zero attached hydrogens (tertiary/aromatic N) is 5. The van der Waals surface area contributed by atoms with Crippen molar-refractivity contribution in [3.8, 4) is 23.4 Å². The molecule has 178 valence electrons. The molecule has 0 N–H and O–H groups in total. The zero-order chi connectivity index (χ0) is 25.2. The number of rotatable bonds is 6. The zero-order valence-corrected chi connectivity index (χ0v) is 18.2. The smallest absolute Gasteiger partial charge is 0.437 e. The Balaban J connectivity index is 2.15. The van der Waals surface area contributed by atoms with Crippen LogP contribution in [0.1, 0.15) is 28.9 Å². The maximum atomic E-state index is 13.5. The second-order valence-corrected chi connectivity index (χ2v) is 7.21. The molecule has 0 atom stereocenters. The molecule has 0 saturated heterocycles. The summed E-state index contributed by atoms with van der Waals surface area (Å²) < 4.78 is 79.1. The van der Waals surface area contributed by atoms with E-state index in [-0.39, 0.29) is 27.8 Å². The summed E-state index contributed by atoms with van der Waals surface area (Å²) in [6, 6.07) is 6.17. The Morgan fingerprint density at radius 3 is 2.56 bits per heavy atom. The van der Waals surface area contributed by atoms with Crippen LogP contribution in [0.4, 0.5) is 22.0 Å². The molecule has 0 saturated carbocycles. The fourth-order valence-corrected chi connectivity index (χ4v) is 3.27. The Morgan fingerprint density at radius 2 is 1.97 bits per heavy atom. The number of aryl methyl sites for hydroxylation is 1. The van der Waals surface area contributed by atoms with Crippen LogP contribution in [0.2, 0.25) is 5.02 Å². The molecule has 0 amide bonds. The van der Waals surface area contributed by atoms with Crippen molar-refractivity contribution in [3.63, 3.8) is 0 Å². The number of alkyl halides is 5. The topological polar surface area (TPSA) is 93.9 Å². The second-order valence-electron chi connectivity index (χ2n) is 6.77. The lowest BCUT2D eigenvalue weighted by molar-refractivity contribution is -0.736. The Hall–Kier alpha value is -3.79. The van der Waals surface area contributed by atoms with Gasteiger partial charge in [-0.15, -0.1) is 0 Å². The van der Waals surface area contributed by atoms with E-state index in [1.807, 2.05) is 0 Å². The lowest BCUT2D eigenvalue weighted by Gasteiger charge is -2.15. The van der Waals surface area contributed by atoms with Crippen molar-refractivity contribution in [1.82, 2.24) is 14.6 Å². The van der Waals surface area contributed by atoms with Crippen molar-refractivity contribution in [2.45, 2.75) is 19.1 Å². The summed E-state index contributed by atoms with van der Waals surface area (Å²) in [5, 5.41) is 12.7. The number of hydrogen-bond donors (Lipinski definition) is 0. The van der Waals surface area contributed by atoms with Gasteiger partial charge in [0.05, 0.1) is 37.2 Å². The lowest BCUT2D eigenvalue weighted by atomic mass is 10.2. The van der Waals surface area contributed by atoms with Crippen molar-refractivity contribution in [2.24, 2.45) is 7.05 Å². The van der Waals surface area contributed by atoms with Crippen molar-refractivity contribution >= 4 is 11.6 Å². The second kappa shape index (κ2) is 9.60. The van der Waals surface area contributed by atoms with Crippen LogP contribution >= 0.6 is 11.6 Å². The van der Waals surface area contributed by atoms with Gasteiger partial charge in [-0.2, -0.15) is 18.4 Å². The van der Waals surface area contributed by atoms with Gasteiger partial charge >= 0.3 is 12.1 Å². The van der Waals surface area contributed by atoms with Crippen LogP contribution in [0, 0.1) is 11.3 Å². The van der Waals surface area contributed by atoms with Gasteiger partial charge < -0.3 is 9.47 Å². The molecule has 3 aromatic rings. The average Bonchev–Trinajstić information content (AvgIpc) is 2.75. The van der Waals surface area contributed by atoms with Gasteiger partial charge in [-0.25, -0.2) is 13.8 Å². The molecule has 0 unspecified atom stereocenters. The largest absolute Gasteiger partial charge is 0.449 e. The zero-order valence-electron chi connectivity index (χ0n) is 17.4. The summed E-state index contributed by atoms with van der Waals surface area (Å²) in [7, 11) is 2.55. The van der Waals surface area contributed by atoms with Gasteiger partial charge in [-0.1, -0.05) is 16.3 Å².